The summed E-state index contributed by atoms with van der Waals surface area (Å²) in [6.07, 6.45) is 1.59. The van der Waals surface area contributed by atoms with Crippen LogP contribution in [-0.2, 0) is 0 Å². The highest BCUT2D eigenvalue weighted by atomic mass is 16.6. The highest BCUT2D eigenvalue weighted by Gasteiger charge is 2.25. The van der Waals surface area contributed by atoms with Crippen LogP contribution < -0.4 is 0 Å². The monoisotopic (exact) mass is 275 g/mol. The molecule has 2 aromatic rings. The number of nitro benzene ring substituents is 1. The van der Waals surface area contributed by atoms with Crippen molar-refractivity contribution in [1.29, 1.82) is 0 Å². The van der Waals surface area contributed by atoms with Crippen LogP contribution in [0.25, 0.3) is 5.69 Å². The number of hydrogen-bond donors (Lipinski definition) is 1. The maximum absolute atomic E-state index is 11.2. The minimum atomic E-state index is -1.34. The van der Waals surface area contributed by atoms with E-state index in [0.29, 0.717) is 0 Å². The summed E-state index contributed by atoms with van der Waals surface area (Å²) in [7, 11) is 0. The van der Waals surface area contributed by atoms with Gasteiger partial charge in [-0.05, 0) is 24.1 Å². The molecule has 2 rings (SSSR count). The van der Waals surface area contributed by atoms with Gasteiger partial charge in [0.1, 0.15) is 11.3 Å². The van der Waals surface area contributed by atoms with Crippen LogP contribution >= 0.6 is 0 Å². The van der Waals surface area contributed by atoms with Crippen molar-refractivity contribution in [2.75, 3.05) is 0 Å². The van der Waals surface area contributed by atoms with Gasteiger partial charge in [0.2, 0.25) is 0 Å². The number of para-hydroxylation sites is 1. The minimum Gasteiger partial charge on any atom is -0.477 e. The molecule has 0 bridgehead atoms. The fourth-order valence-corrected chi connectivity index (χ4v) is 1.86. The SMILES string of the molecule is CC(C)c1ccn(-c2cccc(C(=O)O)c2[N+](=O)[O-])n1. The molecule has 0 atom stereocenters. The number of rotatable bonds is 4. The summed E-state index contributed by atoms with van der Waals surface area (Å²) >= 11 is 0. The lowest BCUT2D eigenvalue weighted by atomic mass is 10.1. The molecular weight excluding hydrogens is 262 g/mol. The van der Waals surface area contributed by atoms with Crippen LogP contribution in [0, 0.1) is 10.1 Å². The van der Waals surface area contributed by atoms with Crippen molar-refractivity contribution in [2.24, 2.45) is 0 Å². The fourth-order valence-electron chi connectivity index (χ4n) is 1.86. The Morgan fingerprint density at radius 1 is 1.40 bits per heavy atom. The Kier molecular flexibility index (Phi) is 3.51. The zero-order valence-corrected chi connectivity index (χ0v) is 11.0. The average molecular weight is 275 g/mol. The second-order valence-corrected chi connectivity index (χ2v) is 4.58. The molecule has 0 aliphatic carbocycles. The molecule has 0 aliphatic heterocycles. The zero-order valence-electron chi connectivity index (χ0n) is 11.0. The van der Waals surface area contributed by atoms with E-state index in [4.69, 9.17) is 5.11 Å². The number of aromatic nitrogens is 2. The maximum Gasteiger partial charge on any atom is 0.342 e. The van der Waals surface area contributed by atoms with Gasteiger partial charge in [0.15, 0.2) is 0 Å². The number of carboxylic acids is 1. The molecule has 0 aliphatic rings. The van der Waals surface area contributed by atoms with Crippen molar-refractivity contribution in [1.82, 2.24) is 9.78 Å². The molecule has 20 heavy (non-hydrogen) atoms. The van der Waals surface area contributed by atoms with Crippen molar-refractivity contribution in [3.05, 3.63) is 51.8 Å². The molecule has 0 radical (unpaired) electrons. The molecule has 0 saturated carbocycles. The predicted molar refractivity (Wildman–Crippen MR) is 71.3 cm³/mol. The third kappa shape index (κ3) is 2.37. The summed E-state index contributed by atoms with van der Waals surface area (Å²) in [6.45, 7) is 3.91. The van der Waals surface area contributed by atoms with Gasteiger partial charge >= 0.3 is 11.7 Å². The second-order valence-electron chi connectivity index (χ2n) is 4.58. The first-order valence-corrected chi connectivity index (χ1v) is 5.98. The summed E-state index contributed by atoms with van der Waals surface area (Å²) in [5.74, 6) is -1.16. The first-order valence-electron chi connectivity index (χ1n) is 5.98. The Labute approximate surface area is 114 Å². The Morgan fingerprint density at radius 3 is 2.60 bits per heavy atom. The van der Waals surface area contributed by atoms with Crippen LogP contribution in [0.5, 0.6) is 0 Å². The van der Waals surface area contributed by atoms with Crippen molar-refractivity contribution < 1.29 is 14.8 Å². The van der Waals surface area contributed by atoms with Gasteiger partial charge < -0.3 is 5.11 Å². The maximum atomic E-state index is 11.2. The van der Waals surface area contributed by atoms with Gasteiger partial charge in [0.25, 0.3) is 0 Å². The molecule has 104 valence electrons. The van der Waals surface area contributed by atoms with Crippen LogP contribution in [0.1, 0.15) is 35.8 Å². The lowest BCUT2D eigenvalue weighted by molar-refractivity contribution is -0.385. The van der Waals surface area contributed by atoms with E-state index in [9.17, 15) is 14.9 Å². The van der Waals surface area contributed by atoms with Crippen molar-refractivity contribution in [3.8, 4) is 5.69 Å². The Morgan fingerprint density at radius 2 is 2.10 bits per heavy atom. The van der Waals surface area contributed by atoms with E-state index in [0.717, 1.165) is 5.69 Å². The van der Waals surface area contributed by atoms with Gasteiger partial charge in [0, 0.05) is 6.20 Å². The Bertz CT molecular complexity index is 676. The first-order chi connectivity index (χ1) is 9.41. The summed E-state index contributed by atoms with van der Waals surface area (Å²) in [5.41, 5.74) is 0.106. The van der Waals surface area contributed by atoms with Crippen molar-refractivity contribution in [2.45, 2.75) is 19.8 Å². The highest BCUT2D eigenvalue weighted by Crippen LogP contribution is 2.27. The van der Waals surface area contributed by atoms with Gasteiger partial charge in [-0.3, -0.25) is 10.1 Å². The Hall–Kier alpha value is -2.70. The van der Waals surface area contributed by atoms with Crippen LogP contribution in [0.3, 0.4) is 0 Å². The number of nitro groups is 1. The highest BCUT2D eigenvalue weighted by molar-refractivity contribution is 5.94. The quantitative estimate of drug-likeness (QED) is 0.683. The van der Waals surface area contributed by atoms with Crippen LogP contribution in [-0.4, -0.2) is 25.8 Å². The standard InChI is InChI=1S/C13H13N3O4/c1-8(2)10-6-7-15(14-10)11-5-3-4-9(13(17)18)12(11)16(19)20/h3-8H,1-2H3,(H,17,18). The number of carboxylic acid groups (broad SMARTS) is 1. The molecule has 0 spiro atoms. The molecular formula is C13H13N3O4. The molecule has 1 heterocycles. The molecule has 0 saturated heterocycles. The summed E-state index contributed by atoms with van der Waals surface area (Å²) in [4.78, 5) is 21.6. The van der Waals surface area contributed by atoms with Gasteiger partial charge in [0.05, 0.1) is 10.6 Å². The fraction of sp³-hybridized carbons (Fsp3) is 0.231. The van der Waals surface area contributed by atoms with E-state index in [2.05, 4.69) is 5.10 Å². The largest absolute Gasteiger partial charge is 0.477 e. The molecule has 1 aromatic carbocycles. The average Bonchev–Trinajstić information content (AvgIpc) is 2.87. The molecule has 7 heteroatoms. The number of nitrogens with zero attached hydrogens (tertiary/aromatic N) is 3. The lowest BCUT2D eigenvalue weighted by Gasteiger charge is -2.05. The van der Waals surface area contributed by atoms with Crippen molar-refractivity contribution in [3.63, 3.8) is 0 Å². The molecule has 0 unspecified atom stereocenters. The van der Waals surface area contributed by atoms with Crippen LogP contribution in [0.4, 0.5) is 5.69 Å². The van der Waals surface area contributed by atoms with E-state index in [1.165, 1.54) is 22.9 Å². The summed E-state index contributed by atoms with van der Waals surface area (Å²) in [6, 6.07) is 5.89. The smallest absolute Gasteiger partial charge is 0.342 e. The van der Waals surface area contributed by atoms with Crippen LogP contribution in [0.15, 0.2) is 30.5 Å². The minimum absolute atomic E-state index is 0.141. The topological polar surface area (TPSA) is 98.3 Å². The lowest BCUT2D eigenvalue weighted by Crippen LogP contribution is -2.08. The van der Waals surface area contributed by atoms with Gasteiger partial charge in [-0.1, -0.05) is 19.9 Å². The molecule has 1 N–H and O–H groups in total. The van der Waals surface area contributed by atoms with Gasteiger partial charge in [-0.25, -0.2) is 9.48 Å². The van der Waals surface area contributed by atoms with Gasteiger partial charge in [-0.15, -0.1) is 0 Å². The number of carbonyl (C=O) groups is 1. The van der Waals surface area contributed by atoms with Crippen molar-refractivity contribution >= 4 is 11.7 Å². The normalized spacial score (nSPS) is 10.8. The van der Waals surface area contributed by atoms with E-state index >= 15 is 0 Å². The number of hydrogen-bond acceptors (Lipinski definition) is 4. The molecule has 0 fully saturated rings. The van der Waals surface area contributed by atoms with E-state index in [1.807, 2.05) is 13.8 Å². The number of benzene rings is 1. The Balaban J connectivity index is 2.64. The van der Waals surface area contributed by atoms with E-state index in [-0.39, 0.29) is 17.2 Å². The first kappa shape index (κ1) is 13.7. The summed E-state index contributed by atoms with van der Waals surface area (Å²) < 4.78 is 1.33. The van der Waals surface area contributed by atoms with E-state index < -0.39 is 16.6 Å². The third-order valence-corrected chi connectivity index (χ3v) is 2.88. The van der Waals surface area contributed by atoms with E-state index in [1.54, 1.807) is 12.3 Å². The third-order valence-electron chi connectivity index (χ3n) is 2.88. The second kappa shape index (κ2) is 5.12. The predicted octanol–water partition coefficient (Wildman–Crippen LogP) is 2.60. The number of aromatic carboxylic acids is 1. The summed E-state index contributed by atoms with van der Waals surface area (Å²) in [5, 5.41) is 24.5. The van der Waals surface area contributed by atoms with Gasteiger partial charge in [-0.2, -0.15) is 5.10 Å². The zero-order chi connectivity index (χ0) is 14.9. The molecule has 0 amide bonds. The molecule has 7 nitrogen and oxygen atoms in total. The molecule has 1 aromatic heterocycles. The van der Waals surface area contributed by atoms with Crippen LogP contribution in [0.2, 0.25) is 0 Å².